The molecule has 0 aliphatic carbocycles. The minimum Gasteiger partial charge on any atom is -0.359 e. The van der Waals surface area contributed by atoms with Gasteiger partial charge in [0.05, 0.1) is 24.5 Å². The summed E-state index contributed by atoms with van der Waals surface area (Å²) in [5.74, 6) is -0.0822. The second-order valence-corrected chi connectivity index (χ2v) is 8.56. The maximum absolute atomic E-state index is 13.5. The quantitative estimate of drug-likeness (QED) is 0.309. The van der Waals surface area contributed by atoms with Gasteiger partial charge in [-0.25, -0.2) is 4.98 Å². The number of H-pyrrole nitrogens is 1. The number of benzene rings is 2. The van der Waals surface area contributed by atoms with E-state index in [0.29, 0.717) is 12.2 Å². The van der Waals surface area contributed by atoms with E-state index in [1.54, 1.807) is 18.6 Å². The second kappa shape index (κ2) is 10.3. The van der Waals surface area contributed by atoms with Crippen LogP contribution in [0.2, 0.25) is 0 Å². The number of anilines is 1. The molecule has 1 amide bonds. The molecule has 5 aromatic rings. The molecule has 0 spiro atoms. The normalized spacial score (nSPS) is 11.8. The van der Waals surface area contributed by atoms with Crippen molar-refractivity contribution >= 4 is 22.6 Å². The highest BCUT2D eigenvalue weighted by Gasteiger charge is 2.17. The Morgan fingerprint density at radius 2 is 1.78 bits per heavy atom. The first-order valence-corrected chi connectivity index (χ1v) is 11.7. The van der Waals surface area contributed by atoms with Gasteiger partial charge in [0.15, 0.2) is 5.82 Å². The lowest BCUT2D eigenvalue weighted by Crippen LogP contribution is -2.34. The van der Waals surface area contributed by atoms with Crippen LogP contribution in [-0.4, -0.2) is 25.4 Å². The average molecular weight is 479 g/mol. The van der Waals surface area contributed by atoms with Gasteiger partial charge in [-0.2, -0.15) is 0 Å². The molecule has 3 aromatic heterocycles. The summed E-state index contributed by atoms with van der Waals surface area (Å²) in [5, 5.41) is 7.09. The van der Waals surface area contributed by atoms with E-state index in [2.05, 4.69) is 25.6 Å². The molecular formula is C28H26N6O2. The number of carbonyl (C=O) groups excluding carboxylic acids is 1. The Kier molecular flexibility index (Phi) is 6.57. The van der Waals surface area contributed by atoms with E-state index in [0.717, 1.165) is 27.7 Å². The molecule has 0 bridgehead atoms. The summed E-state index contributed by atoms with van der Waals surface area (Å²) in [5.41, 5.74) is 3.87. The summed E-state index contributed by atoms with van der Waals surface area (Å²) in [6.07, 6.45) is 5.12. The minimum absolute atomic E-state index is 0.132. The number of nitrogens with zero attached hydrogens (tertiary/aromatic N) is 3. The minimum atomic E-state index is -0.356. The Hall–Kier alpha value is -4.72. The molecule has 0 aliphatic rings. The Bertz CT molecular complexity index is 1510. The smallest absolute Gasteiger partial charge is 0.294 e. The lowest BCUT2D eigenvalue weighted by molar-refractivity contribution is -0.121. The highest BCUT2D eigenvalue weighted by Crippen LogP contribution is 2.20. The monoisotopic (exact) mass is 478 g/mol. The third kappa shape index (κ3) is 5.02. The molecule has 3 heterocycles. The number of nitrogens with one attached hydrogen (secondary N) is 3. The number of fused-ring (bicyclic) bond motifs is 1. The van der Waals surface area contributed by atoms with Crippen LogP contribution in [0.4, 0.5) is 5.82 Å². The van der Waals surface area contributed by atoms with E-state index < -0.39 is 0 Å². The van der Waals surface area contributed by atoms with Crippen LogP contribution in [0.25, 0.3) is 22.2 Å². The first kappa shape index (κ1) is 23.0. The largest absolute Gasteiger partial charge is 0.359 e. The van der Waals surface area contributed by atoms with Gasteiger partial charge in [-0.05, 0) is 30.2 Å². The van der Waals surface area contributed by atoms with Gasteiger partial charge in [0.25, 0.3) is 5.56 Å². The van der Waals surface area contributed by atoms with Gasteiger partial charge in [0.2, 0.25) is 5.91 Å². The van der Waals surface area contributed by atoms with E-state index in [4.69, 9.17) is 0 Å². The predicted molar refractivity (Wildman–Crippen MR) is 140 cm³/mol. The van der Waals surface area contributed by atoms with Crippen LogP contribution in [0, 0.1) is 0 Å². The summed E-state index contributed by atoms with van der Waals surface area (Å²) in [4.78, 5) is 38.3. The van der Waals surface area contributed by atoms with Crippen molar-refractivity contribution in [1.82, 2.24) is 24.8 Å². The van der Waals surface area contributed by atoms with E-state index in [9.17, 15) is 9.59 Å². The average Bonchev–Trinajstić information content (AvgIpc) is 3.34. The van der Waals surface area contributed by atoms with Crippen LogP contribution in [0.5, 0.6) is 0 Å². The zero-order valence-corrected chi connectivity index (χ0v) is 19.8. The lowest BCUT2D eigenvalue weighted by Gasteiger charge is -2.18. The molecule has 0 saturated heterocycles. The molecule has 0 saturated carbocycles. The second-order valence-electron chi connectivity index (χ2n) is 8.56. The first-order valence-electron chi connectivity index (χ1n) is 11.7. The fourth-order valence-corrected chi connectivity index (χ4v) is 4.13. The fourth-order valence-electron chi connectivity index (χ4n) is 4.13. The van der Waals surface area contributed by atoms with E-state index >= 15 is 0 Å². The molecule has 36 heavy (non-hydrogen) atoms. The van der Waals surface area contributed by atoms with Gasteiger partial charge < -0.3 is 15.6 Å². The number of carbonyl (C=O) groups is 1. The van der Waals surface area contributed by atoms with Crippen LogP contribution >= 0.6 is 0 Å². The topological polar surface area (TPSA) is 105 Å². The molecule has 3 N–H and O–H groups in total. The maximum atomic E-state index is 13.5. The molecule has 0 fully saturated rings. The van der Waals surface area contributed by atoms with Crippen LogP contribution in [0.3, 0.4) is 0 Å². The summed E-state index contributed by atoms with van der Waals surface area (Å²) in [7, 11) is 0. The van der Waals surface area contributed by atoms with Crippen molar-refractivity contribution in [3.8, 4) is 11.3 Å². The SMILES string of the molecule is C[C@H](Nc1ncc(-c2ccccc2)n(CC(=O)NCc2cc3cnccc3[nH]2)c1=O)c1ccccc1. The molecule has 1 atom stereocenters. The number of aromatic amines is 1. The van der Waals surface area contributed by atoms with Crippen LogP contribution in [0.1, 0.15) is 24.2 Å². The number of pyridine rings is 1. The van der Waals surface area contributed by atoms with Gasteiger partial charge in [0.1, 0.15) is 6.54 Å². The van der Waals surface area contributed by atoms with E-state index in [1.165, 1.54) is 4.57 Å². The molecular weight excluding hydrogens is 452 g/mol. The predicted octanol–water partition coefficient (Wildman–Crippen LogP) is 4.28. The summed E-state index contributed by atoms with van der Waals surface area (Å²) < 4.78 is 1.47. The highest BCUT2D eigenvalue weighted by molar-refractivity contribution is 5.80. The molecule has 180 valence electrons. The highest BCUT2D eigenvalue weighted by atomic mass is 16.2. The van der Waals surface area contributed by atoms with Gasteiger partial charge in [0, 0.05) is 29.0 Å². The maximum Gasteiger partial charge on any atom is 0.294 e. The number of rotatable bonds is 8. The molecule has 8 nitrogen and oxygen atoms in total. The van der Waals surface area contributed by atoms with Gasteiger partial charge in [-0.3, -0.25) is 19.1 Å². The van der Waals surface area contributed by atoms with E-state index in [1.807, 2.05) is 79.7 Å². The first-order chi connectivity index (χ1) is 17.6. The Balaban J connectivity index is 1.39. The Labute approximate surface area is 208 Å². The van der Waals surface area contributed by atoms with Crippen molar-refractivity contribution in [2.24, 2.45) is 0 Å². The Morgan fingerprint density at radius 3 is 2.53 bits per heavy atom. The van der Waals surface area contributed by atoms with Crippen LogP contribution in [-0.2, 0) is 17.9 Å². The van der Waals surface area contributed by atoms with Gasteiger partial charge in [-0.1, -0.05) is 60.7 Å². The third-order valence-electron chi connectivity index (χ3n) is 6.03. The van der Waals surface area contributed by atoms with Crippen LogP contribution in [0.15, 0.2) is 96.2 Å². The standard InChI is InChI=1S/C28H26N6O2/c1-19(20-8-4-2-5-9-20)32-27-28(36)34(25(17-31-27)21-10-6-3-7-11-21)18-26(35)30-16-23-14-22-15-29-13-12-24(22)33-23/h2-15,17,19,33H,16,18H2,1H3,(H,30,35)(H,31,32)/t19-/m0/s1. The number of hydrogen-bond acceptors (Lipinski definition) is 5. The van der Waals surface area contributed by atoms with Crippen molar-refractivity contribution in [2.75, 3.05) is 5.32 Å². The van der Waals surface area contributed by atoms with Crippen molar-refractivity contribution < 1.29 is 4.79 Å². The van der Waals surface area contributed by atoms with E-state index in [-0.39, 0.29) is 29.9 Å². The zero-order chi connectivity index (χ0) is 24.9. The number of hydrogen-bond donors (Lipinski definition) is 3. The van der Waals surface area contributed by atoms with Crippen molar-refractivity contribution in [1.29, 1.82) is 0 Å². The molecule has 5 rings (SSSR count). The molecule has 2 aromatic carbocycles. The molecule has 0 radical (unpaired) electrons. The number of amides is 1. The summed E-state index contributed by atoms with van der Waals surface area (Å²) in [6, 6.07) is 23.0. The zero-order valence-electron chi connectivity index (χ0n) is 19.8. The van der Waals surface area contributed by atoms with Gasteiger partial charge in [-0.15, -0.1) is 0 Å². The van der Waals surface area contributed by atoms with Gasteiger partial charge >= 0.3 is 0 Å². The summed E-state index contributed by atoms with van der Waals surface area (Å²) in [6.45, 7) is 2.14. The van der Waals surface area contributed by atoms with Crippen molar-refractivity contribution in [3.63, 3.8) is 0 Å². The van der Waals surface area contributed by atoms with Crippen LogP contribution < -0.4 is 16.2 Å². The number of aromatic nitrogens is 4. The van der Waals surface area contributed by atoms with Crippen molar-refractivity contribution in [2.45, 2.75) is 26.1 Å². The molecule has 0 aliphatic heterocycles. The summed E-state index contributed by atoms with van der Waals surface area (Å²) >= 11 is 0. The Morgan fingerprint density at radius 1 is 1.03 bits per heavy atom. The lowest BCUT2D eigenvalue weighted by atomic mass is 10.1. The fraction of sp³-hybridized carbons (Fsp3) is 0.143. The third-order valence-corrected chi connectivity index (χ3v) is 6.03. The molecule has 8 heteroatoms. The molecule has 0 unspecified atom stereocenters. The van der Waals surface area contributed by atoms with Crippen molar-refractivity contribution in [3.05, 3.63) is 113 Å².